The zero-order chi connectivity index (χ0) is 29.9. The maximum Gasteiger partial charge on any atom is 0.259 e. The molecule has 212 valence electrons. The average Bonchev–Trinajstić information content (AvgIpc) is 3.42. The molecule has 0 aliphatic rings. The Bertz CT molecular complexity index is 1960. The first kappa shape index (κ1) is 27.3. The molecule has 0 spiro atoms. The molecule has 1 atom stereocenters. The van der Waals surface area contributed by atoms with Gasteiger partial charge in [0.1, 0.15) is 17.1 Å². The number of aromatic nitrogens is 4. The predicted molar refractivity (Wildman–Crippen MR) is 161 cm³/mol. The van der Waals surface area contributed by atoms with Gasteiger partial charge in [-0.3, -0.25) is 14.2 Å². The minimum Gasteiger partial charge on any atom is -0.507 e. The van der Waals surface area contributed by atoms with E-state index < -0.39 is 12.1 Å². The average molecular weight is 573 g/mol. The number of anilines is 1. The molecule has 4 N–H and O–H groups in total. The van der Waals surface area contributed by atoms with Gasteiger partial charge in [-0.15, -0.1) is 0 Å². The summed E-state index contributed by atoms with van der Waals surface area (Å²) < 4.78 is 16.7. The molecule has 1 unspecified atom stereocenters. The summed E-state index contributed by atoms with van der Waals surface area (Å²) in [5.74, 6) is -0.349. The number of alkyl halides is 1. The van der Waals surface area contributed by atoms with Crippen LogP contribution in [0, 0.1) is 0 Å². The van der Waals surface area contributed by atoms with Crippen molar-refractivity contribution in [2.75, 3.05) is 5.73 Å². The predicted octanol–water partition coefficient (Wildman–Crippen LogP) is 5.58. The van der Waals surface area contributed by atoms with Crippen LogP contribution in [0.1, 0.15) is 27.7 Å². The smallest absolute Gasteiger partial charge is 0.259 e. The molecule has 0 saturated heterocycles. The molecule has 43 heavy (non-hydrogen) atoms. The van der Waals surface area contributed by atoms with Crippen molar-refractivity contribution in [3.8, 4) is 34.1 Å². The number of hydrogen-bond acceptors (Lipinski definition) is 7. The fourth-order valence-corrected chi connectivity index (χ4v) is 4.77. The molecule has 6 aromatic rings. The Labute approximate surface area is 245 Å². The molecular weight excluding hydrogens is 547 g/mol. The topological polar surface area (TPSA) is 136 Å². The van der Waals surface area contributed by atoms with Gasteiger partial charge in [-0.25, -0.2) is 19.3 Å². The Morgan fingerprint density at radius 3 is 2.49 bits per heavy atom. The number of nitrogens with two attached hydrogens (primary N) is 1. The van der Waals surface area contributed by atoms with Crippen molar-refractivity contribution in [1.82, 2.24) is 24.8 Å². The van der Waals surface area contributed by atoms with Crippen molar-refractivity contribution < 1.29 is 19.1 Å². The summed E-state index contributed by atoms with van der Waals surface area (Å²) in [4.78, 5) is 37.4. The van der Waals surface area contributed by atoms with Crippen LogP contribution in [-0.4, -0.2) is 36.8 Å². The molecular formula is C33H25FN6O3. The van der Waals surface area contributed by atoms with Crippen molar-refractivity contribution >= 4 is 29.2 Å². The van der Waals surface area contributed by atoms with Crippen LogP contribution in [0.2, 0.25) is 0 Å². The normalized spacial score (nSPS) is 11.7. The first-order valence-corrected chi connectivity index (χ1v) is 13.4. The van der Waals surface area contributed by atoms with Gasteiger partial charge in [0.05, 0.1) is 16.8 Å². The highest BCUT2D eigenvalue weighted by atomic mass is 19.1. The zero-order valence-electron chi connectivity index (χ0n) is 22.7. The molecule has 3 heterocycles. The number of hydrogen-bond donors (Lipinski definition) is 3. The van der Waals surface area contributed by atoms with E-state index in [0.29, 0.717) is 34.7 Å². The summed E-state index contributed by atoms with van der Waals surface area (Å²) in [5, 5.41) is 12.4. The highest BCUT2D eigenvalue weighted by Crippen LogP contribution is 2.32. The Kier molecular flexibility index (Phi) is 7.32. The monoisotopic (exact) mass is 572 g/mol. The molecule has 0 aliphatic carbocycles. The fraction of sp³-hybridized carbons (Fsp3) is 0.0606. The molecule has 10 heteroatoms. The number of halogens is 1. The Morgan fingerprint density at radius 1 is 0.977 bits per heavy atom. The number of fused-ring (bicyclic) bond motifs is 1. The number of carbonyl (C=O) groups is 2. The SMILES string of the molecule is Nc1ncccc1-c1nc2ccc(-c3ccccc3)nc2n1-c1ccc(CNC(=O)C(F)c2ccc(C=O)c(O)c2)cc1. The number of amides is 1. The van der Waals surface area contributed by atoms with E-state index in [1.165, 1.54) is 12.1 Å². The van der Waals surface area contributed by atoms with Crippen LogP contribution in [-0.2, 0) is 11.3 Å². The highest BCUT2D eigenvalue weighted by Gasteiger charge is 2.21. The first-order chi connectivity index (χ1) is 20.9. The number of nitrogens with one attached hydrogen (secondary N) is 1. The number of pyridine rings is 2. The van der Waals surface area contributed by atoms with Gasteiger partial charge in [0, 0.05) is 24.0 Å². The molecule has 0 fully saturated rings. The van der Waals surface area contributed by atoms with Crippen molar-refractivity contribution in [2.45, 2.75) is 12.7 Å². The van der Waals surface area contributed by atoms with E-state index in [0.717, 1.165) is 28.6 Å². The van der Waals surface area contributed by atoms with Gasteiger partial charge in [-0.2, -0.15) is 0 Å². The molecule has 6 rings (SSSR count). The number of imidazole rings is 1. The number of aromatic hydroxyl groups is 1. The lowest BCUT2D eigenvalue weighted by atomic mass is 10.1. The Morgan fingerprint density at radius 2 is 1.77 bits per heavy atom. The van der Waals surface area contributed by atoms with E-state index in [2.05, 4.69) is 10.3 Å². The van der Waals surface area contributed by atoms with Crippen LogP contribution in [0.15, 0.2) is 103 Å². The minimum atomic E-state index is -2.01. The third kappa shape index (κ3) is 5.41. The zero-order valence-corrected chi connectivity index (χ0v) is 22.7. The summed E-state index contributed by atoms with van der Waals surface area (Å²) in [5.41, 5.74) is 11.4. The molecule has 9 nitrogen and oxygen atoms in total. The van der Waals surface area contributed by atoms with Gasteiger partial charge >= 0.3 is 0 Å². The van der Waals surface area contributed by atoms with Crippen molar-refractivity contribution in [3.05, 3.63) is 120 Å². The molecule has 0 saturated carbocycles. The number of rotatable bonds is 8. The lowest BCUT2D eigenvalue weighted by Crippen LogP contribution is -2.26. The highest BCUT2D eigenvalue weighted by molar-refractivity contribution is 5.85. The lowest BCUT2D eigenvalue weighted by molar-refractivity contribution is -0.126. The summed E-state index contributed by atoms with van der Waals surface area (Å²) in [6, 6.07) is 28.3. The maximum atomic E-state index is 14.8. The number of carbonyl (C=O) groups excluding carboxylic acids is 2. The van der Waals surface area contributed by atoms with Gasteiger partial charge in [0.25, 0.3) is 5.91 Å². The van der Waals surface area contributed by atoms with E-state index in [9.17, 15) is 19.1 Å². The van der Waals surface area contributed by atoms with E-state index in [1.54, 1.807) is 12.3 Å². The third-order valence-corrected chi connectivity index (χ3v) is 7.02. The number of benzene rings is 3. The second-order valence-corrected chi connectivity index (χ2v) is 9.80. The maximum absolute atomic E-state index is 14.8. The molecule has 0 radical (unpaired) electrons. The number of phenolic OH excluding ortho intramolecular Hbond substituents is 1. The molecule has 1 amide bonds. The van der Waals surface area contributed by atoms with Gasteiger partial charge < -0.3 is 16.2 Å². The standard InChI is InChI=1S/C33H25FN6O3/c34-29(22-10-11-23(19-41)28(42)17-22)33(43)37-18-20-8-12-24(13-9-20)40-31(25-7-4-16-36-30(25)35)39-27-15-14-26(38-32(27)40)21-5-2-1-3-6-21/h1-17,19,29,42H,18H2,(H2,35,36)(H,37,43). The fourth-order valence-electron chi connectivity index (χ4n) is 4.77. The van der Waals surface area contributed by atoms with Gasteiger partial charge in [0.2, 0.25) is 6.17 Å². The van der Waals surface area contributed by atoms with Crippen LogP contribution in [0.25, 0.3) is 39.5 Å². The minimum absolute atomic E-state index is 0.0166. The van der Waals surface area contributed by atoms with Crippen LogP contribution in [0.3, 0.4) is 0 Å². The summed E-state index contributed by atoms with van der Waals surface area (Å²) >= 11 is 0. The van der Waals surface area contributed by atoms with Crippen molar-refractivity contribution in [2.24, 2.45) is 0 Å². The molecule has 3 aromatic heterocycles. The van der Waals surface area contributed by atoms with Gasteiger partial charge in [0.15, 0.2) is 17.8 Å². The second-order valence-electron chi connectivity index (χ2n) is 9.80. The summed E-state index contributed by atoms with van der Waals surface area (Å²) in [7, 11) is 0. The van der Waals surface area contributed by atoms with Crippen LogP contribution >= 0.6 is 0 Å². The number of aldehydes is 1. The second kappa shape index (κ2) is 11.5. The quantitative estimate of drug-likeness (QED) is 0.203. The number of nitrogens with zero attached hydrogens (tertiary/aromatic N) is 4. The van der Waals surface area contributed by atoms with Crippen LogP contribution in [0.4, 0.5) is 10.2 Å². The molecule has 0 aliphatic heterocycles. The first-order valence-electron chi connectivity index (χ1n) is 13.4. The Balaban J connectivity index is 1.30. The van der Waals surface area contributed by atoms with Crippen molar-refractivity contribution in [1.29, 1.82) is 0 Å². The number of phenols is 1. The number of nitrogen functional groups attached to an aromatic ring is 1. The molecule has 3 aromatic carbocycles. The lowest BCUT2D eigenvalue weighted by Gasteiger charge is -2.13. The summed E-state index contributed by atoms with van der Waals surface area (Å²) in [6.07, 6.45) is 0.0573. The van der Waals surface area contributed by atoms with E-state index >= 15 is 0 Å². The Hall–Kier alpha value is -5.90. The molecule has 0 bridgehead atoms. The van der Waals surface area contributed by atoms with Crippen LogP contribution in [0.5, 0.6) is 5.75 Å². The van der Waals surface area contributed by atoms with Crippen LogP contribution < -0.4 is 11.1 Å². The van der Waals surface area contributed by atoms with Crippen molar-refractivity contribution in [3.63, 3.8) is 0 Å². The van der Waals surface area contributed by atoms with Gasteiger partial charge in [-0.1, -0.05) is 48.5 Å². The van der Waals surface area contributed by atoms with E-state index in [-0.39, 0.29) is 23.4 Å². The van der Waals surface area contributed by atoms with Gasteiger partial charge in [-0.05, 0) is 59.7 Å². The third-order valence-electron chi connectivity index (χ3n) is 7.02. The largest absolute Gasteiger partial charge is 0.507 e. The summed E-state index contributed by atoms with van der Waals surface area (Å²) in [6.45, 7) is 0.0709. The van der Waals surface area contributed by atoms with E-state index in [4.69, 9.17) is 15.7 Å². The van der Waals surface area contributed by atoms with E-state index in [1.807, 2.05) is 77.4 Å².